The van der Waals surface area contributed by atoms with Crippen LogP contribution < -0.4 is 0 Å². The zero-order chi connectivity index (χ0) is 14.1. The van der Waals surface area contributed by atoms with Crippen LogP contribution in [0.3, 0.4) is 0 Å². The lowest BCUT2D eigenvalue weighted by molar-refractivity contribution is 0.00107. The highest BCUT2D eigenvalue weighted by Crippen LogP contribution is 2.24. The Bertz CT molecular complexity index is 324. The van der Waals surface area contributed by atoms with Gasteiger partial charge in [-0.25, -0.2) is 0 Å². The molecule has 0 aliphatic heterocycles. The number of rotatable bonds is 8. The van der Waals surface area contributed by atoms with Gasteiger partial charge in [0.25, 0.3) is 11.4 Å². The van der Waals surface area contributed by atoms with Crippen molar-refractivity contribution in [1.82, 2.24) is 0 Å². The second kappa shape index (κ2) is 7.75. The highest BCUT2D eigenvalue weighted by Gasteiger charge is 2.33. The first-order chi connectivity index (χ1) is 8.57. The summed E-state index contributed by atoms with van der Waals surface area (Å²) in [5, 5.41) is 26.1. The molecule has 0 radical (unpaired) electrons. The summed E-state index contributed by atoms with van der Waals surface area (Å²) in [7, 11) is 2.80. The molecule has 0 saturated heterocycles. The van der Waals surface area contributed by atoms with E-state index in [0.29, 0.717) is 12.8 Å². The topological polar surface area (TPSA) is 90.8 Å². The maximum Gasteiger partial charge on any atom is 0.266 e. The van der Waals surface area contributed by atoms with E-state index < -0.39 is 11.4 Å². The summed E-state index contributed by atoms with van der Waals surface area (Å²) in [4.78, 5) is 0. The molecule has 18 heavy (non-hydrogen) atoms. The van der Waals surface area contributed by atoms with Crippen LogP contribution in [0.5, 0.6) is 0 Å². The van der Waals surface area contributed by atoms with Gasteiger partial charge in [-0.15, -0.1) is 10.2 Å². The van der Waals surface area contributed by atoms with Crippen LogP contribution in [0.2, 0.25) is 0 Å². The standard InChI is InChI=1S/C12H20N4O2/c1-5-7-11(9-13,17-3)15-16-12(10-14,18-4)8-6-2/h5-8H2,1-4H3. The van der Waals surface area contributed by atoms with E-state index in [1.54, 1.807) is 0 Å². The molecule has 0 N–H and O–H groups in total. The van der Waals surface area contributed by atoms with Crippen LogP contribution in [0, 0.1) is 22.7 Å². The van der Waals surface area contributed by atoms with Crippen LogP contribution in [0.15, 0.2) is 10.2 Å². The van der Waals surface area contributed by atoms with Gasteiger partial charge in [-0.05, 0) is 0 Å². The van der Waals surface area contributed by atoms with Crippen LogP contribution in [0.4, 0.5) is 0 Å². The Morgan fingerprint density at radius 3 is 1.39 bits per heavy atom. The summed E-state index contributed by atoms with van der Waals surface area (Å²) in [5.74, 6) is 0. The molecule has 6 heteroatoms. The van der Waals surface area contributed by atoms with Crippen LogP contribution in [0.25, 0.3) is 0 Å². The van der Waals surface area contributed by atoms with Crippen LogP contribution in [-0.2, 0) is 9.47 Å². The Kier molecular flexibility index (Phi) is 7.11. The first kappa shape index (κ1) is 16.5. The lowest BCUT2D eigenvalue weighted by atomic mass is 10.1. The Labute approximate surface area is 108 Å². The van der Waals surface area contributed by atoms with Crippen molar-refractivity contribution in [1.29, 1.82) is 10.5 Å². The third-order valence-electron chi connectivity index (χ3n) is 2.58. The molecule has 6 nitrogen and oxygen atoms in total. The Morgan fingerprint density at radius 2 is 1.22 bits per heavy atom. The van der Waals surface area contributed by atoms with Gasteiger partial charge in [0, 0.05) is 27.1 Å². The van der Waals surface area contributed by atoms with E-state index >= 15 is 0 Å². The van der Waals surface area contributed by atoms with E-state index in [2.05, 4.69) is 10.2 Å². The quantitative estimate of drug-likeness (QED) is 0.621. The van der Waals surface area contributed by atoms with Gasteiger partial charge in [0.05, 0.1) is 0 Å². The SMILES string of the molecule is CCCC(C#N)(N=NC(C#N)(CCC)OC)OC. The van der Waals surface area contributed by atoms with E-state index in [9.17, 15) is 0 Å². The molecule has 0 rings (SSSR count). The zero-order valence-electron chi connectivity index (χ0n) is 11.4. The fraction of sp³-hybridized carbons (Fsp3) is 0.833. The van der Waals surface area contributed by atoms with Gasteiger partial charge in [0.1, 0.15) is 12.1 Å². The summed E-state index contributed by atoms with van der Waals surface area (Å²) < 4.78 is 10.2. The summed E-state index contributed by atoms with van der Waals surface area (Å²) >= 11 is 0. The van der Waals surface area contributed by atoms with Gasteiger partial charge in [0.2, 0.25) is 0 Å². The number of ether oxygens (including phenoxy) is 2. The van der Waals surface area contributed by atoms with Crippen molar-refractivity contribution in [3.63, 3.8) is 0 Å². The second-order valence-corrected chi connectivity index (χ2v) is 3.90. The molecule has 0 heterocycles. The van der Waals surface area contributed by atoms with Crippen molar-refractivity contribution in [2.75, 3.05) is 14.2 Å². The van der Waals surface area contributed by atoms with Gasteiger partial charge >= 0.3 is 0 Å². The molecule has 0 aromatic heterocycles. The van der Waals surface area contributed by atoms with E-state index in [-0.39, 0.29) is 0 Å². The molecular formula is C12H20N4O2. The molecular weight excluding hydrogens is 232 g/mol. The Balaban J connectivity index is 5.17. The van der Waals surface area contributed by atoms with E-state index in [4.69, 9.17) is 20.0 Å². The fourth-order valence-electron chi connectivity index (χ4n) is 1.47. The number of hydrogen-bond acceptors (Lipinski definition) is 6. The fourth-order valence-corrected chi connectivity index (χ4v) is 1.47. The summed E-state index contributed by atoms with van der Waals surface area (Å²) in [6.45, 7) is 3.83. The van der Waals surface area contributed by atoms with Crippen LogP contribution in [0.1, 0.15) is 39.5 Å². The van der Waals surface area contributed by atoms with Crippen molar-refractivity contribution in [2.45, 2.75) is 51.0 Å². The highest BCUT2D eigenvalue weighted by atomic mass is 16.5. The molecule has 0 aliphatic rings. The van der Waals surface area contributed by atoms with Crippen molar-refractivity contribution in [3.05, 3.63) is 0 Å². The number of hydrogen-bond donors (Lipinski definition) is 0. The van der Waals surface area contributed by atoms with Crippen LogP contribution in [-0.4, -0.2) is 25.7 Å². The summed E-state index contributed by atoms with van der Waals surface area (Å²) in [6, 6.07) is 3.96. The van der Waals surface area contributed by atoms with E-state index in [1.807, 2.05) is 26.0 Å². The number of methoxy groups -OCH3 is 2. The third kappa shape index (κ3) is 4.06. The molecule has 0 fully saturated rings. The lowest BCUT2D eigenvalue weighted by Crippen LogP contribution is -2.30. The van der Waals surface area contributed by atoms with Crippen molar-refractivity contribution >= 4 is 0 Å². The van der Waals surface area contributed by atoms with Gasteiger partial charge in [-0.1, -0.05) is 26.7 Å². The summed E-state index contributed by atoms with van der Waals surface area (Å²) in [6.07, 6.45) is 2.28. The van der Waals surface area contributed by atoms with Crippen molar-refractivity contribution < 1.29 is 9.47 Å². The largest absolute Gasteiger partial charge is 0.344 e. The number of nitrogens with zero attached hydrogens (tertiary/aromatic N) is 4. The Morgan fingerprint density at radius 1 is 0.889 bits per heavy atom. The molecule has 100 valence electrons. The minimum atomic E-state index is -1.33. The third-order valence-corrected chi connectivity index (χ3v) is 2.58. The van der Waals surface area contributed by atoms with Gasteiger partial charge in [-0.3, -0.25) is 0 Å². The van der Waals surface area contributed by atoms with Crippen LogP contribution >= 0.6 is 0 Å². The Hall–Kier alpha value is -1.50. The number of azo groups is 1. The van der Waals surface area contributed by atoms with Crippen molar-refractivity contribution in [3.8, 4) is 12.1 Å². The average Bonchev–Trinajstić information content (AvgIpc) is 2.42. The molecule has 0 aliphatic carbocycles. The normalized spacial score (nSPS) is 17.7. The molecule has 0 saturated carbocycles. The highest BCUT2D eigenvalue weighted by molar-refractivity contribution is 5.02. The maximum atomic E-state index is 9.13. The maximum absolute atomic E-state index is 9.13. The monoisotopic (exact) mass is 252 g/mol. The molecule has 0 aromatic carbocycles. The molecule has 0 amide bonds. The zero-order valence-corrected chi connectivity index (χ0v) is 11.4. The molecule has 2 unspecified atom stereocenters. The van der Waals surface area contributed by atoms with Gasteiger partial charge in [0.15, 0.2) is 0 Å². The first-order valence-corrected chi connectivity index (χ1v) is 5.94. The minimum absolute atomic E-state index is 0.418. The first-order valence-electron chi connectivity index (χ1n) is 5.94. The molecule has 2 atom stereocenters. The second-order valence-electron chi connectivity index (χ2n) is 3.90. The molecule has 0 bridgehead atoms. The summed E-state index contributed by atoms with van der Waals surface area (Å²) in [5.41, 5.74) is -2.66. The van der Waals surface area contributed by atoms with E-state index in [0.717, 1.165) is 12.8 Å². The lowest BCUT2D eigenvalue weighted by Gasteiger charge is -2.22. The predicted octanol–water partition coefficient (Wildman–Crippen LogP) is 2.77. The van der Waals surface area contributed by atoms with Gasteiger partial charge in [-0.2, -0.15) is 10.5 Å². The van der Waals surface area contributed by atoms with Crippen molar-refractivity contribution in [2.24, 2.45) is 10.2 Å². The van der Waals surface area contributed by atoms with E-state index in [1.165, 1.54) is 14.2 Å². The minimum Gasteiger partial charge on any atom is -0.344 e. The molecule has 0 spiro atoms. The average molecular weight is 252 g/mol. The molecule has 0 aromatic rings. The smallest absolute Gasteiger partial charge is 0.266 e. The predicted molar refractivity (Wildman–Crippen MR) is 65.4 cm³/mol. The van der Waals surface area contributed by atoms with Gasteiger partial charge < -0.3 is 9.47 Å². The number of nitriles is 2.